The van der Waals surface area contributed by atoms with Crippen molar-refractivity contribution in [2.45, 2.75) is 57.5 Å². The highest BCUT2D eigenvalue weighted by atomic mass is 28.4. The van der Waals surface area contributed by atoms with Crippen LogP contribution in [0.25, 0.3) is 0 Å². The quantitative estimate of drug-likeness (QED) is 0.827. The van der Waals surface area contributed by atoms with Crippen LogP contribution < -0.4 is 5.73 Å². The lowest BCUT2D eigenvalue weighted by molar-refractivity contribution is 0.165. The predicted molar refractivity (Wildman–Crippen MR) is 79.1 cm³/mol. The molecule has 2 nitrogen and oxygen atoms in total. The molecule has 0 spiro atoms. The Balaban J connectivity index is 2.16. The highest BCUT2D eigenvalue weighted by Crippen LogP contribution is 2.41. The van der Waals surface area contributed by atoms with Crippen molar-refractivity contribution in [2.75, 3.05) is 0 Å². The van der Waals surface area contributed by atoms with Gasteiger partial charge < -0.3 is 10.2 Å². The molecule has 1 aliphatic rings. The van der Waals surface area contributed by atoms with E-state index in [4.69, 9.17) is 10.2 Å². The number of hydrogen-bond acceptors (Lipinski definition) is 2. The topological polar surface area (TPSA) is 35.2 Å². The summed E-state index contributed by atoms with van der Waals surface area (Å²) in [5.74, 6) is 0. The fraction of sp³-hybridized carbons (Fsp3) is 0.600. The molecule has 0 saturated heterocycles. The van der Waals surface area contributed by atoms with E-state index in [1.807, 2.05) is 0 Å². The van der Waals surface area contributed by atoms with Crippen LogP contribution in [0.1, 0.15) is 37.9 Å². The molecule has 0 fully saturated rings. The maximum atomic E-state index is 6.47. The monoisotopic (exact) mass is 263 g/mol. The van der Waals surface area contributed by atoms with Gasteiger partial charge in [0.1, 0.15) is 0 Å². The van der Waals surface area contributed by atoms with Gasteiger partial charge >= 0.3 is 0 Å². The minimum Gasteiger partial charge on any atom is -0.412 e. The number of benzene rings is 1. The minimum absolute atomic E-state index is 0.0373. The fourth-order valence-electron chi connectivity index (χ4n) is 2.26. The number of hydrogen-bond donors (Lipinski definition) is 1. The van der Waals surface area contributed by atoms with E-state index in [9.17, 15) is 0 Å². The van der Waals surface area contributed by atoms with E-state index in [-0.39, 0.29) is 17.2 Å². The molecule has 2 atom stereocenters. The van der Waals surface area contributed by atoms with Crippen LogP contribution >= 0.6 is 0 Å². The Morgan fingerprint density at radius 2 is 1.83 bits per heavy atom. The van der Waals surface area contributed by atoms with E-state index >= 15 is 0 Å². The average Bonchev–Trinajstić information content (AvgIpc) is 2.54. The van der Waals surface area contributed by atoms with Gasteiger partial charge in [0, 0.05) is 0 Å². The van der Waals surface area contributed by atoms with Crippen molar-refractivity contribution in [1.82, 2.24) is 0 Å². The van der Waals surface area contributed by atoms with E-state index in [0.29, 0.717) is 0 Å². The van der Waals surface area contributed by atoms with Crippen LogP contribution in [-0.2, 0) is 10.8 Å². The molecule has 1 aromatic rings. The molecule has 0 radical (unpaired) electrons. The van der Waals surface area contributed by atoms with Gasteiger partial charge in [-0.3, -0.25) is 0 Å². The molecule has 100 valence electrons. The third kappa shape index (κ3) is 2.39. The highest BCUT2D eigenvalue weighted by Gasteiger charge is 2.42. The Labute approximate surface area is 112 Å². The van der Waals surface area contributed by atoms with E-state index in [0.717, 1.165) is 6.42 Å². The lowest BCUT2D eigenvalue weighted by Crippen LogP contribution is -2.45. The van der Waals surface area contributed by atoms with Gasteiger partial charge in [-0.2, -0.15) is 0 Å². The number of nitrogens with two attached hydrogens (primary N) is 1. The van der Waals surface area contributed by atoms with Crippen molar-refractivity contribution < 1.29 is 4.43 Å². The smallest absolute Gasteiger partial charge is 0.192 e. The largest absolute Gasteiger partial charge is 0.412 e. The highest BCUT2D eigenvalue weighted by molar-refractivity contribution is 6.74. The summed E-state index contributed by atoms with van der Waals surface area (Å²) in [6.07, 6.45) is 1.12. The molecule has 0 heterocycles. The van der Waals surface area contributed by atoms with E-state index in [1.54, 1.807) is 0 Å². The molecule has 0 amide bonds. The van der Waals surface area contributed by atoms with Crippen LogP contribution in [0.15, 0.2) is 24.3 Å². The van der Waals surface area contributed by atoms with E-state index in [1.165, 1.54) is 11.1 Å². The molecular weight excluding hydrogens is 238 g/mol. The van der Waals surface area contributed by atoms with Gasteiger partial charge in [-0.1, -0.05) is 45.0 Å². The molecule has 3 heteroatoms. The molecule has 0 unspecified atom stereocenters. The SMILES string of the molecule is CC(C)(C)[Si](C)(C)O[C@H]1Cc2ccccc2[C@H]1N. The standard InChI is InChI=1S/C15H25NOSi/c1-15(2,3)18(4,5)17-13-10-11-8-6-7-9-12(11)14(13)16/h6-9,13-14H,10,16H2,1-5H3/t13-,14+/m0/s1. The zero-order chi connectivity index (χ0) is 13.6. The summed E-state index contributed by atoms with van der Waals surface area (Å²) >= 11 is 0. The van der Waals surface area contributed by atoms with E-state index in [2.05, 4.69) is 58.1 Å². The molecule has 18 heavy (non-hydrogen) atoms. The second-order valence-corrected chi connectivity index (χ2v) is 11.6. The summed E-state index contributed by atoms with van der Waals surface area (Å²) in [7, 11) is -1.73. The second kappa shape index (κ2) is 4.48. The summed E-state index contributed by atoms with van der Waals surface area (Å²) in [6.45, 7) is 11.4. The summed E-state index contributed by atoms with van der Waals surface area (Å²) in [5, 5.41) is 0.238. The molecule has 1 aliphatic carbocycles. The van der Waals surface area contributed by atoms with Crippen LogP contribution in [0.4, 0.5) is 0 Å². The first-order valence-corrected chi connectivity index (χ1v) is 9.64. The molecule has 0 aliphatic heterocycles. The molecule has 0 saturated carbocycles. The van der Waals surface area contributed by atoms with Crippen LogP contribution in [-0.4, -0.2) is 14.4 Å². The van der Waals surface area contributed by atoms with Crippen molar-refractivity contribution >= 4 is 8.32 Å². The Bertz CT molecular complexity index is 436. The van der Waals surface area contributed by atoms with Crippen molar-refractivity contribution in [1.29, 1.82) is 0 Å². The maximum absolute atomic E-state index is 6.47. The predicted octanol–water partition coefficient (Wildman–Crippen LogP) is 3.63. The van der Waals surface area contributed by atoms with Crippen LogP contribution in [0.5, 0.6) is 0 Å². The van der Waals surface area contributed by atoms with Crippen LogP contribution in [0.3, 0.4) is 0 Å². The third-order valence-electron chi connectivity index (χ3n) is 4.49. The van der Waals surface area contributed by atoms with Gasteiger partial charge in [0.05, 0.1) is 12.1 Å². The van der Waals surface area contributed by atoms with Gasteiger partial charge in [0.25, 0.3) is 0 Å². The summed E-state index contributed by atoms with van der Waals surface area (Å²) < 4.78 is 6.47. The van der Waals surface area contributed by atoms with Gasteiger partial charge in [0.15, 0.2) is 8.32 Å². The maximum Gasteiger partial charge on any atom is 0.192 e. The lowest BCUT2D eigenvalue weighted by atomic mass is 10.1. The zero-order valence-electron chi connectivity index (χ0n) is 12.2. The first-order chi connectivity index (χ1) is 8.22. The Morgan fingerprint density at radius 3 is 2.39 bits per heavy atom. The molecule has 1 aromatic carbocycles. The second-order valence-electron chi connectivity index (χ2n) is 6.85. The van der Waals surface area contributed by atoms with E-state index < -0.39 is 8.32 Å². The first kappa shape index (κ1) is 13.8. The van der Waals surface area contributed by atoms with Crippen molar-refractivity contribution in [3.63, 3.8) is 0 Å². The first-order valence-electron chi connectivity index (χ1n) is 6.73. The van der Waals surface area contributed by atoms with Gasteiger partial charge in [-0.25, -0.2) is 0 Å². The Morgan fingerprint density at radius 1 is 1.22 bits per heavy atom. The van der Waals surface area contributed by atoms with Crippen molar-refractivity contribution in [3.8, 4) is 0 Å². The molecule has 0 aromatic heterocycles. The zero-order valence-corrected chi connectivity index (χ0v) is 13.2. The number of rotatable bonds is 2. The lowest BCUT2D eigenvalue weighted by Gasteiger charge is -2.39. The molecule has 2 rings (SSSR count). The summed E-state index contributed by atoms with van der Waals surface area (Å²) in [6, 6.07) is 8.49. The van der Waals surface area contributed by atoms with Crippen molar-refractivity contribution in [2.24, 2.45) is 5.73 Å². The third-order valence-corrected chi connectivity index (χ3v) is 8.99. The van der Waals surface area contributed by atoms with Gasteiger partial charge in [-0.05, 0) is 35.7 Å². The van der Waals surface area contributed by atoms with Gasteiger partial charge in [-0.15, -0.1) is 0 Å². The number of fused-ring (bicyclic) bond motifs is 1. The van der Waals surface area contributed by atoms with Crippen molar-refractivity contribution in [3.05, 3.63) is 35.4 Å². The van der Waals surface area contributed by atoms with Gasteiger partial charge in [0.2, 0.25) is 0 Å². The summed E-state index contributed by atoms with van der Waals surface area (Å²) in [5.41, 5.74) is 8.96. The molecular formula is C15H25NOSi. The molecule has 0 bridgehead atoms. The summed E-state index contributed by atoms with van der Waals surface area (Å²) in [4.78, 5) is 0. The fourth-order valence-corrected chi connectivity index (χ4v) is 3.60. The Kier molecular flexibility index (Phi) is 3.43. The van der Waals surface area contributed by atoms with Crippen LogP contribution in [0, 0.1) is 0 Å². The normalized spacial score (nSPS) is 24.1. The molecule has 2 N–H and O–H groups in total. The Hall–Kier alpha value is -0.643. The van der Waals surface area contributed by atoms with Crippen LogP contribution in [0.2, 0.25) is 18.1 Å². The minimum atomic E-state index is -1.73. The average molecular weight is 263 g/mol.